The lowest BCUT2D eigenvalue weighted by atomic mass is 10.2. The average Bonchev–Trinajstić information content (AvgIpc) is 2.72. The van der Waals surface area contributed by atoms with Gasteiger partial charge in [-0.3, -0.25) is 0 Å². The van der Waals surface area contributed by atoms with Gasteiger partial charge in [0.05, 0.1) is 7.11 Å². The highest BCUT2D eigenvalue weighted by atomic mass is 35.5. The van der Waals surface area contributed by atoms with Crippen molar-refractivity contribution in [1.82, 2.24) is 9.97 Å². The molecule has 0 amide bonds. The Hall–Kier alpha value is -2.95. The first kappa shape index (κ1) is 19.8. The second-order valence-electron chi connectivity index (χ2n) is 5.63. The van der Waals surface area contributed by atoms with E-state index in [2.05, 4.69) is 15.3 Å². The minimum absolute atomic E-state index is 0.104. The van der Waals surface area contributed by atoms with Crippen LogP contribution in [-0.2, 0) is 6.61 Å². The van der Waals surface area contributed by atoms with Crippen molar-refractivity contribution in [3.63, 3.8) is 0 Å². The van der Waals surface area contributed by atoms with Crippen LogP contribution in [0.25, 0.3) is 0 Å². The Balaban J connectivity index is 1.88. The summed E-state index contributed by atoms with van der Waals surface area (Å²) < 4.78 is 11.3. The summed E-state index contributed by atoms with van der Waals surface area (Å²) in [5, 5.41) is 13.1. The summed E-state index contributed by atoms with van der Waals surface area (Å²) in [6, 6.07) is 17.3. The number of ether oxygens (including phenoxy) is 2. The molecule has 0 aliphatic heterocycles. The first-order valence-electron chi connectivity index (χ1n) is 8.27. The third-order valence-electron chi connectivity index (χ3n) is 3.77. The third-order valence-corrected chi connectivity index (χ3v) is 4.59. The fraction of sp³-hybridized carbons (Fsp3) is 0.150. The first-order chi connectivity index (χ1) is 13.6. The van der Waals surface area contributed by atoms with E-state index in [0.717, 1.165) is 5.56 Å². The molecule has 0 saturated heterocycles. The summed E-state index contributed by atoms with van der Waals surface area (Å²) >= 11 is 7.45. The number of methoxy groups -OCH3 is 1. The maximum absolute atomic E-state index is 9.40. The van der Waals surface area contributed by atoms with Crippen LogP contribution in [0.4, 0.5) is 11.5 Å². The van der Waals surface area contributed by atoms with Gasteiger partial charge in [-0.25, -0.2) is 9.97 Å². The zero-order valence-electron chi connectivity index (χ0n) is 15.3. The number of halogens is 1. The number of rotatable bonds is 7. The molecule has 0 saturated carbocycles. The van der Waals surface area contributed by atoms with Crippen molar-refractivity contribution in [2.45, 2.75) is 11.8 Å². The molecule has 8 heteroatoms. The highest BCUT2D eigenvalue weighted by Gasteiger charge is 2.14. The molecule has 0 radical (unpaired) electrons. The van der Waals surface area contributed by atoms with Crippen LogP contribution >= 0.6 is 23.4 Å². The molecular formula is C20H17ClN4O2S. The second-order valence-corrected chi connectivity index (χ2v) is 6.76. The van der Waals surface area contributed by atoms with E-state index in [1.54, 1.807) is 25.3 Å². The molecule has 1 aromatic heterocycles. The van der Waals surface area contributed by atoms with Crippen LogP contribution in [0.2, 0.25) is 5.15 Å². The number of thioether (sulfide) groups is 1. The zero-order chi connectivity index (χ0) is 19.9. The SMILES string of the molecule is COc1cc(Nc2nc(SC)nc(Cl)c2C#N)cc(OCc2ccccc2)c1. The molecule has 6 nitrogen and oxygen atoms in total. The highest BCUT2D eigenvalue weighted by Crippen LogP contribution is 2.31. The number of nitrogens with one attached hydrogen (secondary N) is 1. The third kappa shape index (κ3) is 4.85. The molecule has 2 aromatic carbocycles. The summed E-state index contributed by atoms with van der Waals surface area (Å²) in [4.78, 5) is 8.43. The Morgan fingerprint density at radius 3 is 2.57 bits per heavy atom. The van der Waals surface area contributed by atoms with Gasteiger partial charge < -0.3 is 14.8 Å². The maximum atomic E-state index is 9.40. The monoisotopic (exact) mass is 412 g/mol. The standard InChI is InChI=1S/C20H17ClN4O2S/c1-26-15-8-14(9-16(10-15)27-12-13-6-4-3-5-7-13)23-19-17(11-22)18(21)24-20(25-19)28-2/h3-10H,12H2,1-2H3,(H,23,24,25). The van der Waals surface area contributed by atoms with Crippen LogP contribution in [0, 0.1) is 11.3 Å². The van der Waals surface area contributed by atoms with Crippen molar-refractivity contribution in [3.05, 3.63) is 64.8 Å². The molecule has 28 heavy (non-hydrogen) atoms. The Kier molecular flexibility index (Phi) is 6.58. The number of hydrogen-bond acceptors (Lipinski definition) is 7. The number of nitrogens with zero attached hydrogens (tertiary/aromatic N) is 3. The van der Waals surface area contributed by atoms with Crippen molar-refractivity contribution in [1.29, 1.82) is 5.26 Å². The normalized spacial score (nSPS) is 10.2. The van der Waals surface area contributed by atoms with Gasteiger partial charge in [-0.05, 0) is 11.8 Å². The topological polar surface area (TPSA) is 80.1 Å². The van der Waals surface area contributed by atoms with Gasteiger partial charge in [-0.2, -0.15) is 5.26 Å². The van der Waals surface area contributed by atoms with E-state index >= 15 is 0 Å². The van der Waals surface area contributed by atoms with Gasteiger partial charge in [-0.15, -0.1) is 0 Å². The lowest BCUT2D eigenvalue weighted by molar-refractivity contribution is 0.304. The largest absolute Gasteiger partial charge is 0.497 e. The first-order valence-corrected chi connectivity index (χ1v) is 9.87. The Morgan fingerprint density at radius 1 is 1.14 bits per heavy atom. The number of nitriles is 1. The Morgan fingerprint density at radius 2 is 1.89 bits per heavy atom. The van der Waals surface area contributed by atoms with Gasteiger partial charge in [-0.1, -0.05) is 53.7 Å². The minimum Gasteiger partial charge on any atom is -0.497 e. The summed E-state index contributed by atoms with van der Waals surface area (Å²) in [5.41, 5.74) is 1.88. The Labute approximate surface area is 172 Å². The molecule has 0 fully saturated rings. The number of aromatic nitrogens is 2. The Bertz CT molecular complexity index is 1010. The number of anilines is 2. The number of benzene rings is 2. The average molecular weight is 413 g/mol. The van der Waals surface area contributed by atoms with Crippen LogP contribution in [0.1, 0.15) is 11.1 Å². The van der Waals surface area contributed by atoms with Crippen molar-refractivity contribution in [3.8, 4) is 17.6 Å². The molecule has 1 N–H and O–H groups in total. The summed E-state index contributed by atoms with van der Waals surface area (Å²) in [6.45, 7) is 0.423. The summed E-state index contributed by atoms with van der Waals surface area (Å²) in [5.74, 6) is 1.56. The maximum Gasteiger partial charge on any atom is 0.190 e. The van der Waals surface area contributed by atoms with Gasteiger partial charge in [0.25, 0.3) is 0 Å². The van der Waals surface area contributed by atoms with E-state index in [4.69, 9.17) is 21.1 Å². The smallest absolute Gasteiger partial charge is 0.190 e. The van der Waals surface area contributed by atoms with Crippen LogP contribution in [-0.4, -0.2) is 23.3 Å². The van der Waals surface area contributed by atoms with E-state index in [-0.39, 0.29) is 10.7 Å². The molecule has 0 spiro atoms. The van der Waals surface area contributed by atoms with E-state index in [1.165, 1.54) is 11.8 Å². The van der Waals surface area contributed by atoms with Gasteiger partial charge in [0.15, 0.2) is 16.1 Å². The van der Waals surface area contributed by atoms with Crippen LogP contribution in [0.5, 0.6) is 11.5 Å². The molecule has 0 atom stereocenters. The van der Waals surface area contributed by atoms with Crippen molar-refractivity contribution < 1.29 is 9.47 Å². The molecule has 3 rings (SSSR count). The predicted octanol–water partition coefficient (Wildman–Crippen LogP) is 5.05. The second kappa shape index (κ2) is 9.31. The van der Waals surface area contributed by atoms with Gasteiger partial charge >= 0.3 is 0 Å². The molecule has 0 bridgehead atoms. The fourth-order valence-corrected chi connectivity index (χ4v) is 3.04. The quantitative estimate of drug-likeness (QED) is 0.330. The van der Waals surface area contributed by atoms with Crippen molar-refractivity contribution >= 4 is 34.9 Å². The molecule has 142 valence electrons. The molecule has 0 aliphatic carbocycles. The molecule has 3 aromatic rings. The molecule has 0 unspecified atom stereocenters. The zero-order valence-corrected chi connectivity index (χ0v) is 16.8. The van der Waals surface area contributed by atoms with E-state index in [9.17, 15) is 5.26 Å². The highest BCUT2D eigenvalue weighted by molar-refractivity contribution is 7.98. The molecular weight excluding hydrogens is 396 g/mol. The fourth-order valence-electron chi connectivity index (χ4n) is 2.42. The lowest BCUT2D eigenvalue weighted by Gasteiger charge is -2.13. The molecule has 1 heterocycles. The lowest BCUT2D eigenvalue weighted by Crippen LogP contribution is -2.02. The van der Waals surface area contributed by atoms with Crippen LogP contribution in [0.3, 0.4) is 0 Å². The molecule has 0 aliphatic rings. The predicted molar refractivity (Wildman–Crippen MR) is 111 cm³/mol. The van der Waals surface area contributed by atoms with Crippen molar-refractivity contribution in [2.24, 2.45) is 0 Å². The summed E-state index contributed by atoms with van der Waals surface area (Å²) in [6.07, 6.45) is 1.84. The minimum atomic E-state index is 0.104. The van der Waals surface area contributed by atoms with Gasteiger partial charge in [0.1, 0.15) is 29.7 Å². The van der Waals surface area contributed by atoms with Crippen LogP contribution in [0.15, 0.2) is 53.7 Å². The van der Waals surface area contributed by atoms with Crippen LogP contribution < -0.4 is 14.8 Å². The van der Waals surface area contributed by atoms with Gasteiger partial charge in [0, 0.05) is 23.9 Å². The number of hydrogen-bond donors (Lipinski definition) is 1. The van der Waals surface area contributed by atoms with E-state index in [1.807, 2.05) is 42.7 Å². The van der Waals surface area contributed by atoms with E-state index < -0.39 is 0 Å². The van der Waals surface area contributed by atoms with E-state index in [0.29, 0.717) is 34.8 Å². The van der Waals surface area contributed by atoms with Gasteiger partial charge in [0.2, 0.25) is 0 Å². The van der Waals surface area contributed by atoms with Crippen molar-refractivity contribution in [2.75, 3.05) is 18.7 Å². The summed E-state index contributed by atoms with van der Waals surface area (Å²) in [7, 11) is 1.58.